The Morgan fingerprint density at radius 2 is 1.38 bits per heavy atom. The first-order chi connectivity index (χ1) is 13.7. The SMILES string of the molecule is Cc1cc(C)nc(NS(=O)(=O)c2ccc(NC(=S)Nc3ccc(Cl)cc3)cc2)n1. The molecule has 1 aromatic heterocycles. The van der Waals surface area contributed by atoms with E-state index >= 15 is 0 Å². The summed E-state index contributed by atoms with van der Waals surface area (Å²) in [6.45, 7) is 3.54. The Hall–Kier alpha value is -2.75. The third-order valence-corrected chi connectivity index (χ3v) is 5.53. The molecule has 1 heterocycles. The maximum atomic E-state index is 12.6. The lowest BCUT2D eigenvalue weighted by Gasteiger charge is -2.12. The molecule has 0 radical (unpaired) electrons. The van der Waals surface area contributed by atoms with Crippen molar-refractivity contribution in [3.63, 3.8) is 0 Å². The molecule has 0 aliphatic heterocycles. The number of hydrogen-bond donors (Lipinski definition) is 3. The van der Waals surface area contributed by atoms with Gasteiger partial charge in [0.05, 0.1) is 4.90 Å². The zero-order valence-corrected chi connectivity index (χ0v) is 18.0. The van der Waals surface area contributed by atoms with E-state index in [1.165, 1.54) is 12.1 Å². The number of anilines is 3. The second kappa shape index (κ2) is 8.73. The molecule has 7 nitrogen and oxygen atoms in total. The van der Waals surface area contributed by atoms with Gasteiger partial charge in [0.2, 0.25) is 5.95 Å². The van der Waals surface area contributed by atoms with Gasteiger partial charge in [-0.3, -0.25) is 0 Å². The summed E-state index contributed by atoms with van der Waals surface area (Å²) in [5.74, 6) is 0.0399. The van der Waals surface area contributed by atoms with Crippen LogP contribution in [-0.2, 0) is 10.0 Å². The molecule has 0 spiro atoms. The molecule has 0 bridgehead atoms. The highest BCUT2D eigenvalue weighted by Crippen LogP contribution is 2.18. The van der Waals surface area contributed by atoms with Gasteiger partial charge in [0.25, 0.3) is 10.0 Å². The van der Waals surface area contributed by atoms with E-state index in [2.05, 4.69) is 25.3 Å². The van der Waals surface area contributed by atoms with Crippen LogP contribution in [0.25, 0.3) is 0 Å². The summed E-state index contributed by atoms with van der Waals surface area (Å²) >= 11 is 11.1. The molecule has 10 heteroatoms. The molecule has 0 aliphatic carbocycles. The van der Waals surface area contributed by atoms with E-state index in [0.717, 1.165) is 5.69 Å². The minimum atomic E-state index is -3.81. The molecule has 3 rings (SSSR count). The average Bonchev–Trinajstić information content (AvgIpc) is 2.63. The maximum absolute atomic E-state index is 12.6. The molecule has 29 heavy (non-hydrogen) atoms. The lowest BCUT2D eigenvalue weighted by atomic mass is 10.3. The number of aryl methyl sites for hydroxylation is 2. The first kappa shape index (κ1) is 21.0. The number of hydrogen-bond acceptors (Lipinski definition) is 5. The molecule has 2 aromatic carbocycles. The molecule has 0 unspecified atom stereocenters. The summed E-state index contributed by atoms with van der Waals surface area (Å²) in [6, 6.07) is 15.0. The summed E-state index contributed by atoms with van der Waals surface area (Å²) in [5.41, 5.74) is 2.77. The number of rotatable bonds is 5. The van der Waals surface area contributed by atoms with E-state index in [0.29, 0.717) is 27.2 Å². The van der Waals surface area contributed by atoms with E-state index in [4.69, 9.17) is 23.8 Å². The van der Waals surface area contributed by atoms with E-state index in [1.54, 1.807) is 56.3 Å². The number of sulfonamides is 1. The second-order valence-electron chi connectivity index (χ2n) is 6.19. The Morgan fingerprint density at radius 1 is 0.897 bits per heavy atom. The second-order valence-corrected chi connectivity index (χ2v) is 8.72. The maximum Gasteiger partial charge on any atom is 0.264 e. The molecule has 3 N–H and O–H groups in total. The standard InChI is InChI=1S/C19H18ClN5O2S2/c1-12-11-13(2)22-18(21-12)25-29(26,27)17-9-7-16(8-10-17)24-19(28)23-15-5-3-14(20)4-6-15/h3-11H,1-2H3,(H,21,22,25)(H2,23,24,28). The van der Waals surface area contributed by atoms with E-state index in [-0.39, 0.29) is 10.8 Å². The minimum Gasteiger partial charge on any atom is -0.332 e. The van der Waals surface area contributed by atoms with E-state index in [9.17, 15) is 8.42 Å². The van der Waals surface area contributed by atoms with Crippen LogP contribution in [0.1, 0.15) is 11.4 Å². The lowest BCUT2D eigenvalue weighted by Crippen LogP contribution is -2.19. The quantitative estimate of drug-likeness (QED) is 0.500. The average molecular weight is 448 g/mol. The smallest absolute Gasteiger partial charge is 0.264 e. The lowest BCUT2D eigenvalue weighted by molar-refractivity contribution is 0.601. The summed E-state index contributed by atoms with van der Waals surface area (Å²) in [4.78, 5) is 8.28. The van der Waals surface area contributed by atoms with Crippen LogP contribution in [0.5, 0.6) is 0 Å². The molecule has 3 aromatic rings. The van der Waals surface area contributed by atoms with Gasteiger partial charge in [-0.1, -0.05) is 11.6 Å². The fraction of sp³-hybridized carbons (Fsp3) is 0.105. The monoisotopic (exact) mass is 447 g/mol. The highest BCUT2D eigenvalue weighted by molar-refractivity contribution is 7.92. The number of benzene rings is 2. The van der Waals surface area contributed by atoms with Crippen LogP contribution in [0.3, 0.4) is 0 Å². The highest BCUT2D eigenvalue weighted by Gasteiger charge is 2.16. The number of aromatic nitrogens is 2. The van der Waals surface area contributed by atoms with Crippen LogP contribution in [0, 0.1) is 13.8 Å². The van der Waals surface area contributed by atoms with Crippen molar-refractivity contribution in [3.8, 4) is 0 Å². The zero-order valence-electron chi connectivity index (χ0n) is 15.6. The number of halogens is 1. The van der Waals surface area contributed by atoms with Crippen molar-refractivity contribution in [1.82, 2.24) is 9.97 Å². The van der Waals surface area contributed by atoms with Crippen molar-refractivity contribution in [2.75, 3.05) is 15.4 Å². The Kier molecular flexibility index (Phi) is 6.31. The first-order valence-electron chi connectivity index (χ1n) is 8.50. The molecule has 0 fully saturated rings. The molecule has 0 saturated carbocycles. The van der Waals surface area contributed by atoms with Gasteiger partial charge in [0.1, 0.15) is 0 Å². The van der Waals surface area contributed by atoms with Crippen molar-refractivity contribution in [3.05, 3.63) is 71.0 Å². The third kappa shape index (κ3) is 5.86. The molecule has 150 valence electrons. The van der Waals surface area contributed by atoms with Gasteiger partial charge in [-0.2, -0.15) is 0 Å². The van der Waals surface area contributed by atoms with E-state index < -0.39 is 10.0 Å². The van der Waals surface area contributed by atoms with E-state index in [1.807, 2.05) is 0 Å². The molecule has 0 amide bonds. The van der Waals surface area contributed by atoms with Crippen LogP contribution < -0.4 is 15.4 Å². The van der Waals surface area contributed by atoms with Gasteiger partial charge in [0, 0.05) is 27.8 Å². The summed E-state index contributed by atoms with van der Waals surface area (Å²) in [5, 5.41) is 7.01. The van der Waals surface area contributed by atoms with Gasteiger partial charge in [-0.05, 0) is 80.7 Å². The van der Waals surface area contributed by atoms with Gasteiger partial charge >= 0.3 is 0 Å². The van der Waals surface area contributed by atoms with Crippen LogP contribution >= 0.6 is 23.8 Å². The molecule has 0 saturated heterocycles. The van der Waals surface area contributed by atoms with Crippen molar-refractivity contribution in [2.24, 2.45) is 0 Å². The number of nitrogens with zero attached hydrogens (tertiary/aromatic N) is 2. The Morgan fingerprint density at radius 3 is 1.90 bits per heavy atom. The molecule has 0 aliphatic rings. The summed E-state index contributed by atoms with van der Waals surface area (Å²) in [6.07, 6.45) is 0. The van der Waals surface area contributed by atoms with Crippen molar-refractivity contribution >= 4 is 56.3 Å². The Bertz CT molecular complexity index is 1110. The Balaban J connectivity index is 1.67. The Labute approximate surface area is 179 Å². The van der Waals surface area contributed by atoms with Gasteiger partial charge < -0.3 is 10.6 Å². The summed E-state index contributed by atoms with van der Waals surface area (Å²) < 4.78 is 27.5. The van der Waals surface area contributed by atoms with Gasteiger partial charge in [-0.15, -0.1) is 0 Å². The van der Waals surface area contributed by atoms with Crippen molar-refractivity contribution in [1.29, 1.82) is 0 Å². The van der Waals surface area contributed by atoms with Crippen LogP contribution in [0.15, 0.2) is 59.5 Å². The molecular weight excluding hydrogens is 430 g/mol. The molecule has 0 atom stereocenters. The predicted octanol–water partition coefficient (Wildman–Crippen LogP) is 4.36. The van der Waals surface area contributed by atoms with Crippen LogP contribution in [0.2, 0.25) is 5.02 Å². The largest absolute Gasteiger partial charge is 0.332 e. The number of thiocarbonyl (C=S) groups is 1. The normalized spacial score (nSPS) is 11.0. The first-order valence-corrected chi connectivity index (χ1v) is 10.8. The predicted molar refractivity (Wildman–Crippen MR) is 120 cm³/mol. The minimum absolute atomic E-state index is 0.0399. The van der Waals surface area contributed by atoms with Crippen LogP contribution in [-0.4, -0.2) is 23.5 Å². The van der Waals surface area contributed by atoms with Crippen LogP contribution in [0.4, 0.5) is 17.3 Å². The van der Waals surface area contributed by atoms with Crippen molar-refractivity contribution in [2.45, 2.75) is 18.7 Å². The van der Waals surface area contributed by atoms with Crippen molar-refractivity contribution < 1.29 is 8.42 Å². The number of nitrogens with one attached hydrogen (secondary N) is 3. The van der Waals surface area contributed by atoms with Gasteiger partial charge in [-0.25, -0.2) is 23.1 Å². The van der Waals surface area contributed by atoms with Gasteiger partial charge in [0.15, 0.2) is 5.11 Å². The highest BCUT2D eigenvalue weighted by atomic mass is 35.5. The summed E-state index contributed by atoms with van der Waals surface area (Å²) in [7, 11) is -3.81. The third-order valence-electron chi connectivity index (χ3n) is 3.73. The fourth-order valence-electron chi connectivity index (χ4n) is 2.49. The zero-order chi connectivity index (χ0) is 21.0. The molecular formula is C19H18ClN5O2S2. The fourth-order valence-corrected chi connectivity index (χ4v) is 3.80. The topological polar surface area (TPSA) is 96.0 Å².